The molecule has 0 aliphatic carbocycles. The van der Waals surface area contributed by atoms with Crippen LogP contribution in [-0.2, 0) is 5.88 Å². The lowest BCUT2D eigenvalue weighted by Gasteiger charge is -2.28. The third-order valence-corrected chi connectivity index (χ3v) is 3.85. The molecule has 0 bridgehead atoms. The van der Waals surface area contributed by atoms with Crippen molar-refractivity contribution in [2.75, 3.05) is 19.7 Å². The molecule has 0 amide bonds. The van der Waals surface area contributed by atoms with Gasteiger partial charge in [0.1, 0.15) is 5.01 Å². The monoisotopic (exact) mass is 298 g/mol. The topological polar surface area (TPSA) is 36.4 Å². The number of rotatable bonds is 8. The Morgan fingerprint density at radius 2 is 2.28 bits per heavy atom. The minimum atomic E-state index is -2.42. The van der Waals surface area contributed by atoms with Gasteiger partial charge in [-0.15, -0.1) is 22.9 Å². The van der Waals surface area contributed by atoms with Crippen molar-refractivity contribution in [2.45, 2.75) is 31.7 Å². The van der Waals surface area contributed by atoms with Crippen molar-refractivity contribution in [1.29, 1.82) is 0 Å². The van der Waals surface area contributed by atoms with Gasteiger partial charge in [-0.1, -0.05) is 6.92 Å². The smallest absolute Gasteiger partial charge is 0.251 e. The Morgan fingerprint density at radius 3 is 2.72 bits per heavy atom. The maximum atomic E-state index is 12.5. The molecule has 1 aromatic rings. The average Bonchev–Trinajstić information content (AvgIpc) is 2.78. The number of alkyl halides is 3. The Morgan fingerprint density at radius 1 is 1.56 bits per heavy atom. The molecule has 1 aromatic heterocycles. The average molecular weight is 299 g/mol. The number of halogens is 3. The molecule has 1 rings (SSSR count). The first-order valence-electron chi connectivity index (χ1n) is 5.75. The van der Waals surface area contributed by atoms with E-state index in [9.17, 15) is 8.78 Å². The Bertz CT molecular complexity index is 352. The highest BCUT2D eigenvalue weighted by molar-refractivity contribution is 7.09. The van der Waals surface area contributed by atoms with Crippen LogP contribution >= 0.6 is 22.9 Å². The fraction of sp³-hybridized carbons (Fsp3) is 0.727. The van der Waals surface area contributed by atoms with Crippen molar-refractivity contribution < 1.29 is 13.9 Å². The van der Waals surface area contributed by atoms with Crippen LogP contribution in [0, 0.1) is 0 Å². The van der Waals surface area contributed by atoms with Crippen molar-refractivity contribution in [3.05, 3.63) is 16.1 Å². The van der Waals surface area contributed by atoms with E-state index in [0.717, 1.165) is 10.7 Å². The van der Waals surface area contributed by atoms with Gasteiger partial charge in [0.05, 0.1) is 30.8 Å². The van der Waals surface area contributed by atoms with Gasteiger partial charge in [0.2, 0.25) is 0 Å². The molecule has 0 aliphatic heterocycles. The molecule has 7 heteroatoms. The zero-order valence-corrected chi connectivity index (χ0v) is 11.7. The second-order valence-corrected chi connectivity index (χ2v) is 5.00. The van der Waals surface area contributed by atoms with E-state index in [1.165, 1.54) is 11.3 Å². The van der Waals surface area contributed by atoms with Gasteiger partial charge in [0.25, 0.3) is 6.43 Å². The summed E-state index contributed by atoms with van der Waals surface area (Å²) in [6, 6.07) is -0.187. The molecule has 104 valence electrons. The quantitative estimate of drug-likeness (QED) is 0.750. The number of thiazole rings is 1. The van der Waals surface area contributed by atoms with Crippen LogP contribution in [0.5, 0.6) is 0 Å². The molecule has 0 aliphatic rings. The highest BCUT2D eigenvalue weighted by Crippen LogP contribution is 2.28. The predicted molar refractivity (Wildman–Crippen MR) is 69.4 cm³/mol. The largest absolute Gasteiger partial charge is 0.395 e. The van der Waals surface area contributed by atoms with Gasteiger partial charge in [-0.25, -0.2) is 13.8 Å². The molecule has 1 atom stereocenters. The Labute approximate surface area is 114 Å². The van der Waals surface area contributed by atoms with Crippen molar-refractivity contribution in [2.24, 2.45) is 0 Å². The molecule has 1 heterocycles. The van der Waals surface area contributed by atoms with Gasteiger partial charge in [-0.3, -0.25) is 4.90 Å². The lowest BCUT2D eigenvalue weighted by Crippen LogP contribution is -2.35. The van der Waals surface area contributed by atoms with Crippen LogP contribution in [-0.4, -0.2) is 41.1 Å². The lowest BCUT2D eigenvalue weighted by atomic mass is 10.2. The molecule has 1 unspecified atom stereocenters. The molecule has 0 radical (unpaired) electrons. The van der Waals surface area contributed by atoms with Gasteiger partial charge < -0.3 is 5.11 Å². The van der Waals surface area contributed by atoms with E-state index >= 15 is 0 Å². The van der Waals surface area contributed by atoms with E-state index < -0.39 is 6.43 Å². The number of aliphatic hydroxyl groups excluding tert-OH is 1. The molecule has 18 heavy (non-hydrogen) atoms. The molecular formula is C11H17ClF2N2OS. The van der Waals surface area contributed by atoms with E-state index in [4.69, 9.17) is 16.7 Å². The molecule has 0 fully saturated rings. The molecule has 3 nitrogen and oxygen atoms in total. The SMILES string of the molecule is CCC(c1nc(CCl)cs1)N(CCO)CC(F)F. The summed E-state index contributed by atoms with van der Waals surface area (Å²) in [5.41, 5.74) is 0.760. The maximum absolute atomic E-state index is 12.5. The number of aromatic nitrogens is 1. The Balaban J connectivity index is 2.82. The zero-order chi connectivity index (χ0) is 13.5. The van der Waals surface area contributed by atoms with E-state index in [-0.39, 0.29) is 25.7 Å². The second-order valence-electron chi connectivity index (χ2n) is 3.84. The minimum absolute atomic E-state index is 0.142. The van der Waals surface area contributed by atoms with E-state index in [0.29, 0.717) is 12.3 Å². The maximum Gasteiger partial charge on any atom is 0.251 e. The van der Waals surface area contributed by atoms with Crippen molar-refractivity contribution >= 4 is 22.9 Å². The molecular weight excluding hydrogens is 282 g/mol. The summed E-state index contributed by atoms with van der Waals surface area (Å²) in [6.07, 6.45) is -1.75. The Kier molecular flexibility index (Phi) is 6.99. The molecule has 1 N–H and O–H groups in total. The molecule has 0 saturated heterocycles. The zero-order valence-electron chi connectivity index (χ0n) is 10.2. The number of hydrogen-bond donors (Lipinski definition) is 1. The van der Waals surface area contributed by atoms with Crippen LogP contribution < -0.4 is 0 Å². The summed E-state index contributed by atoms with van der Waals surface area (Å²) in [6.45, 7) is 1.65. The predicted octanol–water partition coefficient (Wildman–Crippen LogP) is 2.89. The summed E-state index contributed by atoms with van der Waals surface area (Å²) in [7, 11) is 0. The van der Waals surface area contributed by atoms with Gasteiger partial charge in [0.15, 0.2) is 0 Å². The summed E-state index contributed by atoms with van der Waals surface area (Å²) in [4.78, 5) is 5.90. The number of hydrogen-bond acceptors (Lipinski definition) is 4. The van der Waals surface area contributed by atoms with Crippen molar-refractivity contribution in [3.8, 4) is 0 Å². The van der Waals surface area contributed by atoms with Crippen LogP contribution in [0.1, 0.15) is 30.1 Å². The van der Waals surface area contributed by atoms with Crippen LogP contribution in [0.2, 0.25) is 0 Å². The second kappa shape index (κ2) is 7.99. The first-order chi connectivity index (χ1) is 8.62. The first-order valence-corrected chi connectivity index (χ1v) is 7.17. The van der Waals surface area contributed by atoms with Gasteiger partial charge in [-0.05, 0) is 6.42 Å². The molecule has 0 spiro atoms. The molecule has 0 saturated carbocycles. The fourth-order valence-electron chi connectivity index (χ4n) is 1.81. The van der Waals surface area contributed by atoms with Gasteiger partial charge >= 0.3 is 0 Å². The third kappa shape index (κ3) is 4.42. The standard InChI is InChI=1S/C11H17ClF2N2OS/c1-2-9(11-15-8(5-12)7-18-11)16(3-4-17)6-10(13)14/h7,9-10,17H,2-6H2,1H3. The van der Waals surface area contributed by atoms with Crippen LogP contribution in [0.3, 0.4) is 0 Å². The normalized spacial score (nSPS) is 13.5. The summed E-state index contributed by atoms with van der Waals surface area (Å²) in [5.74, 6) is 0.321. The fourth-order valence-corrected chi connectivity index (χ4v) is 3.07. The third-order valence-electron chi connectivity index (χ3n) is 2.58. The van der Waals surface area contributed by atoms with Crippen LogP contribution in [0.25, 0.3) is 0 Å². The van der Waals surface area contributed by atoms with E-state index in [1.54, 1.807) is 4.90 Å². The molecule has 0 aromatic carbocycles. The van der Waals surface area contributed by atoms with E-state index in [2.05, 4.69) is 4.98 Å². The summed E-state index contributed by atoms with van der Waals surface area (Å²) >= 11 is 7.11. The Hall–Kier alpha value is -0.300. The summed E-state index contributed by atoms with van der Waals surface area (Å²) < 4.78 is 25.1. The minimum Gasteiger partial charge on any atom is -0.395 e. The van der Waals surface area contributed by atoms with Crippen molar-refractivity contribution in [1.82, 2.24) is 9.88 Å². The van der Waals surface area contributed by atoms with Crippen molar-refractivity contribution in [3.63, 3.8) is 0 Å². The highest BCUT2D eigenvalue weighted by Gasteiger charge is 2.24. The van der Waals surface area contributed by atoms with Crippen LogP contribution in [0.15, 0.2) is 5.38 Å². The first kappa shape index (κ1) is 15.8. The van der Waals surface area contributed by atoms with Gasteiger partial charge in [0, 0.05) is 11.9 Å². The van der Waals surface area contributed by atoms with Gasteiger partial charge in [-0.2, -0.15) is 0 Å². The highest BCUT2D eigenvalue weighted by atomic mass is 35.5. The lowest BCUT2D eigenvalue weighted by molar-refractivity contribution is 0.0530. The van der Waals surface area contributed by atoms with E-state index in [1.807, 2.05) is 12.3 Å². The number of aliphatic hydroxyl groups is 1. The van der Waals surface area contributed by atoms with Crippen LogP contribution in [0.4, 0.5) is 8.78 Å². The summed E-state index contributed by atoms with van der Waals surface area (Å²) in [5, 5.41) is 11.6. The number of nitrogens with zero attached hydrogens (tertiary/aromatic N) is 2.